The van der Waals surface area contributed by atoms with Crippen molar-refractivity contribution < 1.29 is 19.0 Å². The van der Waals surface area contributed by atoms with Crippen LogP contribution >= 0.6 is 0 Å². The van der Waals surface area contributed by atoms with Crippen LogP contribution in [0.5, 0.6) is 17.2 Å². The predicted molar refractivity (Wildman–Crippen MR) is 94.0 cm³/mol. The normalized spacial score (nSPS) is 9.92. The average molecular weight is 327 g/mol. The number of anilines is 1. The fraction of sp³-hybridized carbons (Fsp3) is 0.211. The molecule has 5 nitrogen and oxygen atoms in total. The van der Waals surface area contributed by atoms with Gasteiger partial charge in [0.1, 0.15) is 5.75 Å². The summed E-state index contributed by atoms with van der Waals surface area (Å²) in [5, 5.41) is 2.76. The maximum atomic E-state index is 12.0. The van der Waals surface area contributed by atoms with Gasteiger partial charge in [-0.05, 0) is 36.2 Å². The minimum atomic E-state index is -0.263. The van der Waals surface area contributed by atoms with E-state index < -0.39 is 0 Å². The largest absolute Gasteiger partial charge is 0.497 e. The Bertz CT molecular complexity index is 712. The average Bonchev–Trinajstić information content (AvgIpc) is 2.61. The summed E-state index contributed by atoms with van der Waals surface area (Å²) in [5.74, 6) is 1.52. The van der Waals surface area contributed by atoms with Crippen molar-refractivity contribution in [3.8, 4) is 17.2 Å². The monoisotopic (exact) mass is 327 g/mol. The fourth-order valence-corrected chi connectivity index (χ4v) is 2.17. The molecule has 0 aliphatic carbocycles. The second-order valence-corrected chi connectivity index (χ2v) is 5.05. The fourth-order valence-electron chi connectivity index (χ4n) is 2.17. The number of nitrogens with one attached hydrogen (secondary N) is 1. The van der Waals surface area contributed by atoms with Crippen LogP contribution in [-0.4, -0.2) is 26.7 Å². The quantitative estimate of drug-likeness (QED) is 0.755. The predicted octanol–water partition coefficient (Wildman–Crippen LogP) is 3.45. The molecule has 0 aromatic heterocycles. The van der Waals surface area contributed by atoms with Crippen molar-refractivity contribution in [1.82, 2.24) is 0 Å². The number of amides is 1. The highest BCUT2D eigenvalue weighted by atomic mass is 16.5. The number of allylic oxidation sites excluding steroid dienone is 1. The molecule has 0 unspecified atom stereocenters. The summed E-state index contributed by atoms with van der Waals surface area (Å²) in [6, 6.07) is 12.7. The van der Waals surface area contributed by atoms with Crippen molar-refractivity contribution in [2.45, 2.75) is 6.42 Å². The van der Waals surface area contributed by atoms with Gasteiger partial charge in [0.05, 0.1) is 14.2 Å². The number of carbonyl (C=O) groups is 1. The van der Waals surface area contributed by atoms with Crippen molar-refractivity contribution in [1.29, 1.82) is 0 Å². The zero-order valence-corrected chi connectivity index (χ0v) is 13.9. The molecule has 0 saturated heterocycles. The number of hydrogen-bond donors (Lipinski definition) is 1. The van der Waals surface area contributed by atoms with E-state index in [1.165, 1.54) is 0 Å². The minimum absolute atomic E-state index is 0.117. The lowest BCUT2D eigenvalue weighted by Crippen LogP contribution is -2.20. The molecule has 0 radical (unpaired) electrons. The van der Waals surface area contributed by atoms with Gasteiger partial charge >= 0.3 is 0 Å². The van der Waals surface area contributed by atoms with Gasteiger partial charge in [-0.25, -0.2) is 0 Å². The van der Waals surface area contributed by atoms with Gasteiger partial charge in [-0.2, -0.15) is 0 Å². The molecule has 0 saturated carbocycles. The Morgan fingerprint density at radius 3 is 2.67 bits per heavy atom. The van der Waals surface area contributed by atoms with Gasteiger partial charge in [-0.3, -0.25) is 4.79 Å². The van der Waals surface area contributed by atoms with E-state index in [-0.39, 0.29) is 12.5 Å². The van der Waals surface area contributed by atoms with Crippen LogP contribution in [0.25, 0.3) is 0 Å². The summed E-state index contributed by atoms with van der Waals surface area (Å²) in [4.78, 5) is 12.0. The lowest BCUT2D eigenvalue weighted by molar-refractivity contribution is -0.118. The van der Waals surface area contributed by atoms with E-state index in [4.69, 9.17) is 14.2 Å². The molecule has 5 heteroatoms. The van der Waals surface area contributed by atoms with Crippen molar-refractivity contribution >= 4 is 11.6 Å². The first-order chi connectivity index (χ1) is 11.7. The Labute approximate surface area is 141 Å². The third-order valence-electron chi connectivity index (χ3n) is 3.32. The van der Waals surface area contributed by atoms with E-state index >= 15 is 0 Å². The molecule has 24 heavy (non-hydrogen) atoms. The van der Waals surface area contributed by atoms with Crippen LogP contribution in [0, 0.1) is 0 Å². The van der Waals surface area contributed by atoms with Crippen LogP contribution in [0.2, 0.25) is 0 Å². The van der Waals surface area contributed by atoms with Gasteiger partial charge < -0.3 is 19.5 Å². The maximum absolute atomic E-state index is 12.0. The zero-order chi connectivity index (χ0) is 17.4. The maximum Gasteiger partial charge on any atom is 0.262 e. The number of ether oxygens (including phenoxy) is 3. The Morgan fingerprint density at radius 1 is 1.12 bits per heavy atom. The highest BCUT2D eigenvalue weighted by molar-refractivity contribution is 5.92. The third kappa shape index (κ3) is 4.78. The second kappa shape index (κ2) is 8.62. The highest BCUT2D eigenvalue weighted by Crippen LogP contribution is 2.28. The molecule has 126 valence electrons. The van der Waals surface area contributed by atoms with Crippen molar-refractivity contribution in [2.24, 2.45) is 0 Å². The standard InChI is InChI=1S/C19H21NO4/c1-4-6-14-9-10-17(18(11-14)23-3)24-13-19(21)20-15-7-5-8-16(12-15)22-2/h4-5,7-12H,1,6,13H2,2-3H3,(H,20,21). The molecule has 2 aromatic rings. The van der Waals surface area contributed by atoms with E-state index in [1.807, 2.05) is 24.3 Å². The minimum Gasteiger partial charge on any atom is -0.497 e. The number of methoxy groups -OCH3 is 2. The van der Waals surface area contributed by atoms with E-state index in [9.17, 15) is 4.79 Å². The molecule has 0 fully saturated rings. The van der Waals surface area contributed by atoms with Gasteiger partial charge in [-0.1, -0.05) is 18.2 Å². The number of hydrogen-bond acceptors (Lipinski definition) is 4. The lowest BCUT2D eigenvalue weighted by Gasteiger charge is -2.12. The van der Waals surface area contributed by atoms with Crippen molar-refractivity contribution in [2.75, 3.05) is 26.1 Å². The first kappa shape index (κ1) is 17.4. The smallest absolute Gasteiger partial charge is 0.262 e. The van der Waals surface area contributed by atoms with E-state index in [2.05, 4.69) is 11.9 Å². The van der Waals surface area contributed by atoms with Gasteiger partial charge in [-0.15, -0.1) is 6.58 Å². The zero-order valence-electron chi connectivity index (χ0n) is 13.9. The van der Waals surface area contributed by atoms with E-state index in [0.717, 1.165) is 12.0 Å². The molecular formula is C19H21NO4. The van der Waals surface area contributed by atoms with E-state index in [0.29, 0.717) is 22.9 Å². The van der Waals surface area contributed by atoms with Gasteiger partial charge in [0.15, 0.2) is 18.1 Å². The van der Waals surface area contributed by atoms with Crippen molar-refractivity contribution in [3.05, 3.63) is 60.7 Å². The molecule has 0 spiro atoms. The Balaban J connectivity index is 1.96. The topological polar surface area (TPSA) is 56.8 Å². The molecular weight excluding hydrogens is 306 g/mol. The Morgan fingerprint density at radius 2 is 1.96 bits per heavy atom. The third-order valence-corrected chi connectivity index (χ3v) is 3.32. The summed E-state index contributed by atoms with van der Waals surface area (Å²) in [7, 11) is 3.14. The van der Waals surface area contributed by atoms with Crippen LogP contribution in [0.1, 0.15) is 5.56 Å². The summed E-state index contributed by atoms with van der Waals surface area (Å²) in [6.45, 7) is 3.59. The summed E-state index contributed by atoms with van der Waals surface area (Å²) in [5.41, 5.74) is 1.71. The Kier molecular flexibility index (Phi) is 6.25. The first-order valence-corrected chi connectivity index (χ1v) is 7.50. The molecule has 0 heterocycles. The van der Waals surface area contributed by atoms with Crippen molar-refractivity contribution in [3.63, 3.8) is 0 Å². The molecule has 0 atom stereocenters. The van der Waals surface area contributed by atoms with Gasteiger partial charge in [0.2, 0.25) is 0 Å². The molecule has 0 aliphatic rings. The SMILES string of the molecule is C=CCc1ccc(OCC(=O)Nc2cccc(OC)c2)c(OC)c1. The van der Waals surface area contributed by atoms with E-state index in [1.54, 1.807) is 38.5 Å². The summed E-state index contributed by atoms with van der Waals surface area (Å²) in [6.07, 6.45) is 2.56. The first-order valence-electron chi connectivity index (χ1n) is 7.50. The Hall–Kier alpha value is -2.95. The number of benzene rings is 2. The van der Waals surface area contributed by atoms with Crippen LogP contribution in [0.15, 0.2) is 55.1 Å². The number of carbonyl (C=O) groups excluding carboxylic acids is 1. The van der Waals surface area contributed by atoms with Crippen LogP contribution in [0.4, 0.5) is 5.69 Å². The molecule has 2 rings (SSSR count). The van der Waals surface area contributed by atoms with Crippen LogP contribution < -0.4 is 19.5 Å². The molecule has 2 aromatic carbocycles. The second-order valence-electron chi connectivity index (χ2n) is 5.05. The molecule has 0 bridgehead atoms. The highest BCUT2D eigenvalue weighted by Gasteiger charge is 2.09. The molecule has 1 N–H and O–H groups in total. The van der Waals surface area contributed by atoms with Gasteiger partial charge in [0, 0.05) is 11.8 Å². The van der Waals surface area contributed by atoms with Crippen LogP contribution in [0.3, 0.4) is 0 Å². The summed E-state index contributed by atoms with van der Waals surface area (Å²) < 4.78 is 16.0. The van der Waals surface area contributed by atoms with Crippen LogP contribution in [-0.2, 0) is 11.2 Å². The molecule has 0 aliphatic heterocycles. The lowest BCUT2D eigenvalue weighted by atomic mass is 10.1. The molecule has 1 amide bonds. The summed E-state index contributed by atoms with van der Waals surface area (Å²) >= 11 is 0. The van der Waals surface area contributed by atoms with Gasteiger partial charge in [0.25, 0.3) is 5.91 Å². The number of rotatable bonds is 8.